The first-order valence-corrected chi connectivity index (χ1v) is 6.08. The first-order valence-electron chi connectivity index (χ1n) is 6.08. The molecule has 0 saturated carbocycles. The molecular weight excluding hydrogens is 264 g/mol. The molecule has 1 unspecified atom stereocenters. The van der Waals surface area contributed by atoms with Crippen molar-refractivity contribution in [3.63, 3.8) is 0 Å². The zero-order valence-electron chi connectivity index (χ0n) is 11.0. The minimum atomic E-state index is -0.753. The number of rotatable bonds is 5. The number of para-hydroxylation sites is 2. The van der Waals surface area contributed by atoms with Gasteiger partial charge in [-0.15, -0.1) is 0 Å². The van der Waals surface area contributed by atoms with Gasteiger partial charge < -0.3 is 15.2 Å². The van der Waals surface area contributed by atoms with Crippen LogP contribution in [0.3, 0.4) is 0 Å². The number of hydrogen-bond donors (Lipinski definition) is 1. The summed E-state index contributed by atoms with van der Waals surface area (Å²) >= 11 is 0. The minimum absolute atomic E-state index is 0.0573. The Kier molecular flexibility index (Phi) is 4.53. The van der Waals surface area contributed by atoms with Crippen molar-refractivity contribution in [1.29, 1.82) is 0 Å². The van der Waals surface area contributed by atoms with Gasteiger partial charge in [-0.2, -0.15) is 0 Å². The highest BCUT2D eigenvalue weighted by atomic mass is 19.1. The molecule has 0 spiro atoms. The van der Waals surface area contributed by atoms with E-state index in [1.54, 1.807) is 18.2 Å². The van der Waals surface area contributed by atoms with Crippen LogP contribution in [0.1, 0.15) is 11.6 Å². The Bertz CT molecular complexity index is 570. The van der Waals surface area contributed by atoms with Crippen LogP contribution in [0.15, 0.2) is 42.5 Å². The number of halogens is 2. The quantitative estimate of drug-likeness (QED) is 0.915. The molecule has 5 heteroatoms. The second-order valence-corrected chi connectivity index (χ2v) is 4.21. The SMILES string of the molecule is COc1ccccc1C(N)COc1c(F)cccc1F. The molecule has 2 aromatic carbocycles. The third-order valence-electron chi connectivity index (χ3n) is 2.86. The van der Waals surface area contributed by atoms with Gasteiger partial charge in [0.05, 0.1) is 13.2 Å². The van der Waals surface area contributed by atoms with Crippen molar-refractivity contribution in [3.8, 4) is 11.5 Å². The lowest BCUT2D eigenvalue weighted by Gasteiger charge is -2.16. The summed E-state index contributed by atoms with van der Waals surface area (Å²) in [5.41, 5.74) is 6.68. The normalized spacial score (nSPS) is 12.0. The van der Waals surface area contributed by atoms with Crippen LogP contribution in [0.4, 0.5) is 8.78 Å². The second-order valence-electron chi connectivity index (χ2n) is 4.21. The van der Waals surface area contributed by atoms with Crippen LogP contribution in [0.5, 0.6) is 11.5 Å². The fourth-order valence-electron chi connectivity index (χ4n) is 1.86. The minimum Gasteiger partial charge on any atom is -0.496 e. The molecule has 0 fully saturated rings. The number of benzene rings is 2. The van der Waals surface area contributed by atoms with Gasteiger partial charge in [0.1, 0.15) is 12.4 Å². The van der Waals surface area contributed by atoms with E-state index in [1.165, 1.54) is 13.2 Å². The van der Waals surface area contributed by atoms with E-state index in [9.17, 15) is 8.78 Å². The monoisotopic (exact) mass is 279 g/mol. The molecule has 2 N–H and O–H groups in total. The molecule has 3 nitrogen and oxygen atoms in total. The van der Waals surface area contributed by atoms with Gasteiger partial charge >= 0.3 is 0 Å². The molecule has 106 valence electrons. The van der Waals surface area contributed by atoms with Gasteiger partial charge in [-0.3, -0.25) is 0 Å². The second kappa shape index (κ2) is 6.34. The number of hydrogen-bond acceptors (Lipinski definition) is 3. The zero-order valence-corrected chi connectivity index (χ0v) is 11.0. The van der Waals surface area contributed by atoms with E-state index in [0.29, 0.717) is 11.3 Å². The van der Waals surface area contributed by atoms with Gasteiger partial charge in [-0.25, -0.2) is 8.78 Å². The van der Waals surface area contributed by atoms with Crippen molar-refractivity contribution in [1.82, 2.24) is 0 Å². The van der Waals surface area contributed by atoms with Gasteiger partial charge in [0, 0.05) is 5.56 Å². The molecule has 0 amide bonds. The number of nitrogens with two attached hydrogens (primary N) is 1. The molecule has 0 radical (unpaired) electrons. The van der Waals surface area contributed by atoms with E-state index in [-0.39, 0.29) is 6.61 Å². The van der Waals surface area contributed by atoms with E-state index in [4.69, 9.17) is 15.2 Å². The van der Waals surface area contributed by atoms with Crippen LogP contribution in [0, 0.1) is 11.6 Å². The highest BCUT2D eigenvalue weighted by Crippen LogP contribution is 2.26. The standard InChI is InChI=1S/C15H15F2NO2/c1-19-14-8-3-2-5-10(14)13(18)9-20-15-11(16)6-4-7-12(15)17/h2-8,13H,9,18H2,1H3. The summed E-state index contributed by atoms with van der Waals surface area (Å²) in [6, 6.07) is 10.2. The smallest absolute Gasteiger partial charge is 0.190 e. The molecule has 20 heavy (non-hydrogen) atoms. The molecule has 0 saturated heterocycles. The lowest BCUT2D eigenvalue weighted by atomic mass is 10.1. The van der Waals surface area contributed by atoms with Gasteiger partial charge in [0.2, 0.25) is 0 Å². The van der Waals surface area contributed by atoms with Crippen molar-refractivity contribution in [2.24, 2.45) is 5.73 Å². The molecule has 0 heterocycles. The summed E-state index contributed by atoms with van der Waals surface area (Å²) in [7, 11) is 1.53. The summed E-state index contributed by atoms with van der Waals surface area (Å²) in [6.07, 6.45) is 0. The van der Waals surface area contributed by atoms with Crippen molar-refractivity contribution >= 4 is 0 Å². The predicted octanol–water partition coefficient (Wildman–Crippen LogP) is 3.05. The maximum Gasteiger partial charge on any atom is 0.190 e. The predicted molar refractivity (Wildman–Crippen MR) is 71.8 cm³/mol. The van der Waals surface area contributed by atoms with Crippen LogP contribution in [-0.2, 0) is 0 Å². The zero-order chi connectivity index (χ0) is 14.5. The molecule has 0 aliphatic heterocycles. The van der Waals surface area contributed by atoms with E-state index < -0.39 is 23.4 Å². The molecule has 0 bridgehead atoms. The van der Waals surface area contributed by atoms with Crippen LogP contribution in [0.25, 0.3) is 0 Å². The average Bonchev–Trinajstić information content (AvgIpc) is 2.46. The fraction of sp³-hybridized carbons (Fsp3) is 0.200. The Morgan fingerprint density at radius 3 is 2.35 bits per heavy atom. The molecule has 1 atom stereocenters. The molecule has 0 aliphatic carbocycles. The molecule has 0 aliphatic rings. The Morgan fingerprint density at radius 2 is 1.70 bits per heavy atom. The molecular formula is C15H15F2NO2. The maximum absolute atomic E-state index is 13.4. The Labute approximate surface area is 115 Å². The van der Waals surface area contributed by atoms with E-state index in [0.717, 1.165) is 12.1 Å². The summed E-state index contributed by atoms with van der Waals surface area (Å²) < 4.78 is 37.2. The highest BCUT2D eigenvalue weighted by Gasteiger charge is 2.15. The van der Waals surface area contributed by atoms with Crippen molar-refractivity contribution in [2.75, 3.05) is 13.7 Å². The highest BCUT2D eigenvalue weighted by molar-refractivity contribution is 5.36. The lowest BCUT2D eigenvalue weighted by molar-refractivity contribution is 0.261. The fourth-order valence-corrected chi connectivity index (χ4v) is 1.86. The van der Waals surface area contributed by atoms with Gasteiger partial charge in [-0.1, -0.05) is 24.3 Å². The van der Waals surface area contributed by atoms with Crippen molar-refractivity contribution in [3.05, 3.63) is 59.7 Å². The van der Waals surface area contributed by atoms with E-state index in [1.807, 2.05) is 6.07 Å². The largest absolute Gasteiger partial charge is 0.496 e. The number of methoxy groups -OCH3 is 1. The summed E-state index contributed by atoms with van der Waals surface area (Å²) in [5, 5.41) is 0. The molecule has 2 aromatic rings. The molecule has 0 aromatic heterocycles. The summed E-state index contributed by atoms with van der Waals surface area (Å²) in [6.45, 7) is -0.0573. The Morgan fingerprint density at radius 1 is 1.05 bits per heavy atom. The van der Waals surface area contributed by atoms with Crippen LogP contribution < -0.4 is 15.2 Å². The summed E-state index contributed by atoms with van der Waals surface area (Å²) in [5.74, 6) is -1.31. The Balaban J connectivity index is 2.11. The Hall–Kier alpha value is -2.14. The van der Waals surface area contributed by atoms with Crippen molar-refractivity contribution in [2.45, 2.75) is 6.04 Å². The van der Waals surface area contributed by atoms with Gasteiger partial charge in [-0.05, 0) is 18.2 Å². The van der Waals surface area contributed by atoms with Crippen LogP contribution in [0.2, 0.25) is 0 Å². The first kappa shape index (κ1) is 14.3. The first-order chi connectivity index (χ1) is 9.63. The maximum atomic E-state index is 13.4. The van der Waals surface area contributed by atoms with Gasteiger partial charge in [0.15, 0.2) is 17.4 Å². The van der Waals surface area contributed by atoms with Crippen molar-refractivity contribution < 1.29 is 18.3 Å². The average molecular weight is 279 g/mol. The van der Waals surface area contributed by atoms with Gasteiger partial charge in [0.25, 0.3) is 0 Å². The summed E-state index contributed by atoms with van der Waals surface area (Å²) in [4.78, 5) is 0. The van der Waals surface area contributed by atoms with E-state index >= 15 is 0 Å². The topological polar surface area (TPSA) is 44.5 Å². The number of ether oxygens (including phenoxy) is 2. The lowest BCUT2D eigenvalue weighted by Crippen LogP contribution is -2.20. The third kappa shape index (κ3) is 3.05. The van der Waals surface area contributed by atoms with Crippen LogP contribution in [-0.4, -0.2) is 13.7 Å². The third-order valence-corrected chi connectivity index (χ3v) is 2.86. The molecule has 2 rings (SSSR count). The van der Waals surface area contributed by atoms with E-state index in [2.05, 4.69) is 0 Å². The van der Waals surface area contributed by atoms with Crippen LogP contribution >= 0.6 is 0 Å².